The van der Waals surface area contributed by atoms with E-state index in [2.05, 4.69) is 52.4 Å². The van der Waals surface area contributed by atoms with E-state index in [1.807, 2.05) is 0 Å². The molecule has 1 aromatic carbocycles. The van der Waals surface area contributed by atoms with Crippen LogP contribution < -0.4 is 5.32 Å². The van der Waals surface area contributed by atoms with Crippen LogP contribution in [-0.2, 0) is 0 Å². The molecule has 20 heavy (non-hydrogen) atoms. The first-order chi connectivity index (χ1) is 9.72. The second-order valence-corrected chi connectivity index (χ2v) is 7.78. The van der Waals surface area contributed by atoms with Crippen molar-refractivity contribution in [2.24, 2.45) is 11.8 Å². The molecule has 110 valence electrons. The minimum absolute atomic E-state index is 0.756. The summed E-state index contributed by atoms with van der Waals surface area (Å²) in [6.45, 7) is 3.65. The molecule has 2 fully saturated rings. The van der Waals surface area contributed by atoms with Crippen molar-refractivity contribution in [2.75, 3.05) is 6.54 Å². The summed E-state index contributed by atoms with van der Waals surface area (Å²) < 4.78 is 1.28. The Morgan fingerprint density at radius 3 is 2.50 bits per heavy atom. The highest BCUT2D eigenvalue weighted by Crippen LogP contribution is 2.40. The summed E-state index contributed by atoms with van der Waals surface area (Å²) in [5, 5.41) is 3.81. The zero-order chi connectivity index (χ0) is 13.9. The van der Waals surface area contributed by atoms with Crippen molar-refractivity contribution in [3.63, 3.8) is 0 Å². The zero-order valence-electron chi connectivity index (χ0n) is 12.4. The van der Waals surface area contributed by atoms with Crippen molar-refractivity contribution in [1.29, 1.82) is 0 Å². The van der Waals surface area contributed by atoms with E-state index in [-0.39, 0.29) is 0 Å². The number of nitrogens with one attached hydrogen (secondary N) is 1. The van der Waals surface area contributed by atoms with E-state index in [0.717, 1.165) is 23.8 Å². The Hall–Kier alpha value is -0.340. The molecular formula is C18H26BrN. The number of hydrogen-bond donors (Lipinski definition) is 1. The third-order valence-corrected chi connectivity index (χ3v) is 6.04. The van der Waals surface area contributed by atoms with Gasteiger partial charge in [-0.3, -0.25) is 0 Å². The van der Waals surface area contributed by atoms with Crippen LogP contribution in [0.5, 0.6) is 0 Å². The van der Waals surface area contributed by atoms with E-state index < -0.39 is 0 Å². The Bertz CT molecular complexity index is 431. The standard InChI is InChI=1S/C18H26BrN/c1-13-6-8-14(9-7-13)12-20-16-10-15(11-16)17-4-2-3-5-18(17)19/h2-5,13-16,20H,6-12H2,1H3. The van der Waals surface area contributed by atoms with Gasteiger partial charge >= 0.3 is 0 Å². The molecule has 1 aromatic rings. The maximum Gasteiger partial charge on any atom is 0.0210 e. The molecule has 0 aromatic heterocycles. The first-order valence-electron chi connectivity index (χ1n) is 8.20. The number of halogens is 1. The van der Waals surface area contributed by atoms with Crippen molar-refractivity contribution < 1.29 is 0 Å². The molecule has 2 saturated carbocycles. The van der Waals surface area contributed by atoms with Gasteiger partial charge in [-0.25, -0.2) is 0 Å². The predicted octanol–water partition coefficient (Wildman–Crippen LogP) is 5.11. The van der Waals surface area contributed by atoms with Crippen molar-refractivity contribution in [1.82, 2.24) is 5.32 Å². The highest BCUT2D eigenvalue weighted by Gasteiger charge is 2.31. The fourth-order valence-corrected chi connectivity index (χ4v) is 4.32. The van der Waals surface area contributed by atoms with Gasteiger partial charge in [0.25, 0.3) is 0 Å². The molecule has 3 rings (SSSR count). The summed E-state index contributed by atoms with van der Waals surface area (Å²) in [5.74, 6) is 2.66. The lowest BCUT2D eigenvalue weighted by Gasteiger charge is -2.38. The molecule has 0 aliphatic heterocycles. The summed E-state index contributed by atoms with van der Waals surface area (Å²) in [6.07, 6.45) is 8.38. The summed E-state index contributed by atoms with van der Waals surface area (Å²) in [7, 11) is 0. The lowest BCUT2D eigenvalue weighted by atomic mass is 9.75. The van der Waals surface area contributed by atoms with Gasteiger partial charge in [-0.2, -0.15) is 0 Å². The topological polar surface area (TPSA) is 12.0 Å². The lowest BCUT2D eigenvalue weighted by molar-refractivity contribution is 0.236. The van der Waals surface area contributed by atoms with Crippen LogP contribution >= 0.6 is 15.9 Å². The first kappa shape index (κ1) is 14.6. The van der Waals surface area contributed by atoms with Gasteiger partial charge in [-0.1, -0.05) is 53.9 Å². The Balaban J connectivity index is 1.39. The maximum atomic E-state index is 3.81. The fourth-order valence-electron chi connectivity index (χ4n) is 3.71. The van der Waals surface area contributed by atoms with Crippen LogP contribution in [0.25, 0.3) is 0 Å². The maximum absolute atomic E-state index is 3.81. The van der Waals surface area contributed by atoms with Crippen molar-refractivity contribution in [3.05, 3.63) is 34.3 Å². The number of rotatable bonds is 4. The molecule has 2 aliphatic rings. The average Bonchev–Trinajstić information content (AvgIpc) is 2.41. The third-order valence-electron chi connectivity index (χ3n) is 5.31. The van der Waals surface area contributed by atoms with Gasteiger partial charge in [0.05, 0.1) is 0 Å². The molecule has 0 bridgehead atoms. The van der Waals surface area contributed by atoms with Crippen LogP contribution in [0.3, 0.4) is 0 Å². The van der Waals surface area contributed by atoms with Crippen molar-refractivity contribution in [2.45, 2.75) is 57.4 Å². The predicted molar refractivity (Wildman–Crippen MR) is 89.0 cm³/mol. The van der Waals surface area contributed by atoms with Crippen LogP contribution in [0.15, 0.2) is 28.7 Å². The summed E-state index contributed by atoms with van der Waals surface area (Å²) in [5.41, 5.74) is 1.50. The highest BCUT2D eigenvalue weighted by molar-refractivity contribution is 9.10. The van der Waals surface area contributed by atoms with Gasteiger partial charge in [0.15, 0.2) is 0 Å². The van der Waals surface area contributed by atoms with E-state index in [0.29, 0.717) is 0 Å². The van der Waals surface area contributed by atoms with Gasteiger partial charge in [-0.15, -0.1) is 0 Å². The van der Waals surface area contributed by atoms with Gasteiger partial charge in [0.1, 0.15) is 0 Å². The molecule has 1 nitrogen and oxygen atoms in total. The minimum atomic E-state index is 0.756. The normalized spacial score (nSPS) is 33.7. The third kappa shape index (κ3) is 3.46. The lowest BCUT2D eigenvalue weighted by Crippen LogP contribution is -2.42. The molecular weight excluding hydrogens is 310 g/mol. The molecule has 2 aliphatic carbocycles. The van der Waals surface area contributed by atoms with E-state index in [4.69, 9.17) is 0 Å². The van der Waals surface area contributed by atoms with E-state index in [9.17, 15) is 0 Å². The Morgan fingerprint density at radius 2 is 1.80 bits per heavy atom. The molecule has 0 unspecified atom stereocenters. The van der Waals surface area contributed by atoms with Crippen LogP contribution in [0, 0.1) is 11.8 Å². The summed E-state index contributed by atoms with van der Waals surface area (Å²) in [4.78, 5) is 0. The Kier molecular flexibility index (Phi) is 4.83. The molecule has 2 heteroatoms. The molecule has 0 saturated heterocycles. The van der Waals surface area contributed by atoms with E-state index >= 15 is 0 Å². The van der Waals surface area contributed by atoms with Crippen LogP contribution in [-0.4, -0.2) is 12.6 Å². The van der Waals surface area contributed by atoms with Gasteiger partial charge in [0, 0.05) is 10.5 Å². The molecule has 0 radical (unpaired) electrons. The van der Waals surface area contributed by atoms with E-state index in [1.54, 1.807) is 0 Å². The van der Waals surface area contributed by atoms with Crippen LogP contribution in [0.1, 0.15) is 56.9 Å². The average molecular weight is 336 g/mol. The SMILES string of the molecule is CC1CCC(CNC2CC(c3ccccc3Br)C2)CC1. The Morgan fingerprint density at radius 1 is 1.10 bits per heavy atom. The molecule has 0 amide bonds. The largest absolute Gasteiger partial charge is 0.314 e. The van der Waals surface area contributed by atoms with Gasteiger partial charge < -0.3 is 5.32 Å². The second-order valence-electron chi connectivity index (χ2n) is 6.92. The Labute approximate surface area is 131 Å². The minimum Gasteiger partial charge on any atom is -0.314 e. The van der Waals surface area contributed by atoms with Gasteiger partial charge in [0.2, 0.25) is 0 Å². The second kappa shape index (κ2) is 6.62. The zero-order valence-corrected chi connectivity index (χ0v) is 14.0. The number of benzene rings is 1. The molecule has 0 atom stereocenters. The molecule has 0 heterocycles. The van der Waals surface area contributed by atoms with Gasteiger partial charge in [-0.05, 0) is 61.6 Å². The molecule has 1 N–H and O–H groups in total. The van der Waals surface area contributed by atoms with Crippen LogP contribution in [0.4, 0.5) is 0 Å². The summed E-state index contributed by atoms with van der Waals surface area (Å²) in [6, 6.07) is 9.45. The smallest absolute Gasteiger partial charge is 0.0210 e. The fraction of sp³-hybridized carbons (Fsp3) is 0.667. The quantitative estimate of drug-likeness (QED) is 0.805. The van der Waals surface area contributed by atoms with Crippen LogP contribution in [0.2, 0.25) is 0 Å². The van der Waals surface area contributed by atoms with E-state index in [1.165, 1.54) is 55.1 Å². The monoisotopic (exact) mass is 335 g/mol. The highest BCUT2D eigenvalue weighted by atomic mass is 79.9. The molecule has 0 spiro atoms. The van der Waals surface area contributed by atoms with Crippen molar-refractivity contribution >= 4 is 15.9 Å². The summed E-state index contributed by atoms with van der Waals surface area (Å²) >= 11 is 3.68. The number of hydrogen-bond acceptors (Lipinski definition) is 1. The van der Waals surface area contributed by atoms with Crippen molar-refractivity contribution in [3.8, 4) is 0 Å². The first-order valence-corrected chi connectivity index (χ1v) is 8.99.